The summed E-state index contributed by atoms with van der Waals surface area (Å²) < 4.78 is 12.9. The van der Waals surface area contributed by atoms with Crippen LogP contribution in [0.25, 0.3) is 0 Å². The van der Waals surface area contributed by atoms with Crippen molar-refractivity contribution < 1.29 is 9.50 Å². The third kappa shape index (κ3) is 3.49. The summed E-state index contributed by atoms with van der Waals surface area (Å²) in [6, 6.07) is 8.12. The lowest BCUT2D eigenvalue weighted by atomic mass is 9.93. The second-order valence-electron chi connectivity index (χ2n) is 5.65. The van der Waals surface area contributed by atoms with Gasteiger partial charge in [-0.15, -0.1) is 0 Å². The van der Waals surface area contributed by atoms with Gasteiger partial charge in [-0.25, -0.2) is 4.39 Å². The summed E-state index contributed by atoms with van der Waals surface area (Å²) in [5.74, 6) is 0.262. The van der Waals surface area contributed by atoms with Crippen molar-refractivity contribution in [2.45, 2.75) is 24.9 Å². The second-order valence-corrected chi connectivity index (χ2v) is 5.65. The molecule has 1 aliphatic rings. The first-order chi connectivity index (χ1) is 10.2. The van der Waals surface area contributed by atoms with Gasteiger partial charge in [0.25, 0.3) is 0 Å². The lowest BCUT2D eigenvalue weighted by molar-refractivity contribution is 0.0969. The molecule has 2 heterocycles. The number of nitrogens with zero attached hydrogens (tertiary/aromatic N) is 2. The molecule has 1 aliphatic heterocycles. The number of aromatic amines is 1. The Morgan fingerprint density at radius 2 is 1.95 bits per heavy atom. The highest BCUT2D eigenvalue weighted by Crippen LogP contribution is 2.27. The van der Waals surface area contributed by atoms with Crippen molar-refractivity contribution in [2.75, 3.05) is 19.6 Å². The number of likely N-dealkylation sites (tertiary alicyclic amines) is 1. The van der Waals surface area contributed by atoms with Crippen LogP contribution in [0, 0.1) is 5.82 Å². The molecule has 3 rings (SSSR count). The van der Waals surface area contributed by atoms with Gasteiger partial charge >= 0.3 is 0 Å². The van der Waals surface area contributed by atoms with E-state index in [1.165, 1.54) is 17.8 Å². The summed E-state index contributed by atoms with van der Waals surface area (Å²) in [4.78, 5) is 2.26. The molecule has 0 spiro atoms. The molecule has 1 fully saturated rings. The SMILES string of the molecule is O[C@H](CN1CCC(c2ccn[nH]2)CC1)c1ccc(F)cc1. The molecule has 1 aromatic carbocycles. The number of benzene rings is 1. The van der Waals surface area contributed by atoms with E-state index in [0.29, 0.717) is 12.5 Å². The van der Waals surface area contributed by atoms with Crippen molar-refractivity contribution in [1.29, 1.82) is 0 Å². The number of aliphatic hydroxyl groups is 1. The highest BCUT2D eigenvalue weighted by atomic mass is 19.1. The van der Waals surface area contributed by atoms with Crippen molar-refractivity contribution >= 4 is 0 Å². The van der Waals surface area contributed by atoms with Gasteiger partial charge < -0.3 is 10.0 Å². The van der Waals surface area contributed by atoms with Crippen molar-refractivity contribution in [3.8, 4) is 0 Å². The first kappa shape index (κ1) is 14.2. The minimum absolute atomic E-state index is 0.272. The van der Waals surface area contributed by atoms with E-state index in [9.17, 15) is 9.50 Å². The molecule has 0 aliphatic carbocycles. The summed E-state index contributed by atoms with van der Waals surface area (Å²) in [6.45, 7) is 2.52. The number of halogens is 1. The molecule has 0 radical (unpaired) electrons. The Balaban J connectivity index is 1.52. The molecule has 0 unspecified atom stereocenters. The largest absolute Gasteiger partial charge is 0.387 e. The smallest absolute Gasteiger partial charge is 0.123 e. The van der Waals surface area contributed by atoms with Crippen LogP contribution >= 0.6 is 0 Å². The highest BCUT2D eigenvalue weighted by molar-refractivity contribution is 5.18. The topological polar surface area (TPSA) is 52.1 Å². The van der Waals surface area contributed by atoms with Crippen LogP contribution in [0.5, 0.6) is 0 Å². The fourth-order valence-electron chi connectivity index (χ4n) is 2.96. The molecular weight excluding hydrogens is 269 g/mol. The normalized spacial score (nSPS) is 18.8. The van der Waals surface area contributed by atoms with Crippen molar-refractivity contribution in [1.82, 2.24) is 15.1 Å². The molecule has 1 aromatic heterocycles. The Bertz CT molecular complexity index is 547. The van der Waals surface area contributed by atoms with Crippen LogP contribution in [0.4, 0.5) is 4.39 Å². The lowest BCUT2D eigenvalue weighted by Crippen LogP contribution is -2.36. The van der Waals surface area contributed by atoms with Crippen LogP contribution in [-0.2, 0) is 0 Å². The number of hydrogen-bond acceptors (Lipinski definition) is 3. The van der Waals surface area contributed by atoms with E-state index >= 15 is 0 Å². The predicted molar refractivity (Wildman–Crippen MR) is 78.4 cm³/mol. The van der Waals surface area contributed by atoms with Crippen LogP contribution in [0.2, 0.25) is 0 Å². The highest BCUT2D eigenvalue weighted by Gasteiger charge is 2.23. The van der Waals surface area contributed by atoms with Crippen LogP contribution < -0.4 is 0 Å². The Labute approximate surface area is 123 Å². The molecule has 0 bridgehead atoms. The fourth-order valence-corrected chi connectivity index (χ4v) is 2.96. The van der Waals surface area contributed by atoms with Gasteiger partial charge in [0.1, 0.15) is 5.82 Å². The molecule has 21 heavy (non-hydrogen) atoms. The molecule has 1 atom stereocenters. The van der Waals surface area contributed by atoms with Gasteiger partial charge in [0.15, 0.2) is 0 Å². The Morgan fingerprint density at radius 1 is 1.24 bits per heavy atom. The summed E-state index contributed by atoms with van der Waals surface area (Å²) in [6.07, 6.45) is 3.37. The molecule has 2 N–H and O–H groups in total. The van der Waals surface area contributed by atoms with Gasteiger partial charge in [0, 0.05) is 24.4 Å². The molecule has 2 aromatic rings. The zero-order chi connectivity index (χ0) is 14.7. The van der Waals surface area contributed by atoms with Crippen LogP contribution in [-0.4, -0.2) is 39.8 Å². The van der Waals surface area contributed by atoms with Crippen molar-refractivity contribution in [2.24, 2.45) is 0 Å². The maximum absolute atomic E-state index is 12.9. The number of piperidine rings is 1. The maximum atomic E-state index is 12.9. The lowest BCUT2D eigenvalue weighted by Gasteiger charge is -2.32. The van der Waals surface area contributed by atoms with E-state index in [1.54, 1.807) is 18.3 Å². The zero-order valence-electron chi connectivity index (χ0n) is 11.9. The standard InChI is InChI=1S/C16H20FN3O/c17-14-3-1-13(2-4-14)16(21)11-20-9-6-12(7-10-20)15-5-8-18-19-15/h1-5,8,12,16,21H,6-7,9-11H2,(H,18,19)/t16-/m1/s1. The number of H-pyrrole nitrogens is 1. The molecule has 0 saturated carbocycles. The summed E-state index contributed by atoms with van der Waals surface area (Å²) in [5, 5.41) is 17.3. The van der Waals surface area contributed by atoms with Crippen LogP contribution in [0.3, 0.4) is 0 Å². The van der Waals surface area contributed by atoms with E-state index in [-0.39, 0.29) is 5.82 Å². The van der Waals surface area contributed by atoms with E-state index in [2.05, 4.69) is 15.1 Å². The number of hydrogen-bond donors (Lipinski definition) is 2. The van der Waals surface area contributed by atoms with Crippen LogP contribution in [0.15, 0.2) is 36.5 Å². The van der Waals surface area contributed by atoms with Crippen LogP contribution in [0.1, 0.15) is 36.1 Å². The number of aliphatic hydroxyl groups excluding tert-OH is 1. The molecular formula is C16H20FN3O. The number of nitrogens with one attached hydrogen (secondary N) is 1. The minimum Gasteiger partial charge on any atom is -0.387 e. The monoisotopic (exact) mass is 289 g/mol. The first-order valence-electron chi connectivity index (χ1n) is 7.37. The van der Waals surface area contributed by atoms with Crippen molar-refractivity contribution in [3.63, 3.8) is 0 Å². The molecule has 5 heteroatoms. The van der Waals surface area contributed by atoms with Gasteiger partial charge in [-0.3, -0.25) is 5.10 Å². The van der Waals surface area contributed by atoms with Gasteiger partial charge in [-0.2, -0.15) is 5.10 Å². The van der Waals surface area contributed by atoms with Gasteiger partial charge in [-0.05, 0) is 49.7 Å². The summed E-state index contributed by atoms with van der Waals surface area (Å²) >= 11 is 0. The van der Waals surface area contributed by atoms with Gasteiger partial charge in [0.2, 0.25) is 0 Å². The first-order valence-corrected chi connectivity index (χ1v) is 7.37. The Kier molecular flexibility index (Phi) is 4.31. The average Bonchev–Trinajstić information content (AvgIpc) is 3.03. The maximum Gasteiger partial charge on any atom is 0.123 e. The van der Waals surface area contributed by atoms with Gasteiger partial charge in [-0.1, -0.05) is 12.1 Å². The molecule has 0 amide bonds. The van der Waals surface area contributed by atoms with E-state index in [4.69, 9.17) is 0 Å². The van der Waals surface area contributed by atoms with E-state index in [0.717, 1.165) is 31.5 Å². The summed E-state index contributed by atoms with van der Waals surface area (Å²) in [7, 11) is 0. The van der Waals surface area contributed by atoms with Crippen molar-refractivity contribution in [3.05, 3.63) is 53.6 Å². The van der Waals surface area contributed by atoms with Gasteiger partial charge in [0.05, 0.1) is 6.10 Å². The number of β-amino-alcohol motifs (C(OH)–C–C–N with tert-alkyl or cyclic N) is 1. The van der Waals surface area contributed by atoms with E-state index in [1.807, 2.05) is 6.07 Å². The third-order valence-electron chi connectivity index (χ3n) is 4.24. The molecule has 1 saturated heterocycles. The number of aromatic nitrogens is 2. The second kappa shape index (κ2) is 6.37. The Morgan fingerprint density at radius 3 is 2.57 bits per heavy atom. The third-order valence-corrected chi connectivity index (χ3v) is 4.24. The molecule has 4 nitrogen and oxygen atoms in total. The van der Waals surface area contributed by atoms with E-state index < -0.39 is 6.10 Å². The quantitative estimate of drug-likeness (QED) is 0.909. The minimum atomic E-state index is -0.561. The molecule has 112 valence electrons. The zero-order valence-corrected chi connectivity index (χ0v) is 11.9. The summed E-state index contributed by atoms with van der Waals surface area (Å²) in [5.41, 5.74) is 1.97. The predicted octanol–water partition coefficient (Wildman–Crippen LogP) is 2.46. The number of rotatable bonds is 4. The Hall–Kier alpha value is -1.72. The fraction of sp³-hybridized carbons (Fsp3) is 0.438. The average molecular weight is 289 g/mol.